The van der Waals surface area contributed by atoms with Crippen LogP contribution in [-0.2, 0) is 0 Å². The topological polar surface area (TPSA) is 40.5 Å². The number of β-amino-alcohol motifs (C(OH)–C–C–N with tert-alkyl or cyclic N) is 1. The highest BCUT2D eigenvalue weighted by Crippen LogP contribution is 2.27. The molecule has 1 N–H and O–H groups in total. The second kappa shape index (κ2) is 4.73. The molecule has 1 aromatic rings. The summed E-state index contributed by atoms with van der Waals surface area (Å²) in [5.74, 6) is -0.122. The Hall–Kier alpha value is -0.580. The summed E-state index contributed by atoms with van der Waals surface area (Å²) >= 11 is 9.33. The lowest BCUT2D eigenvalue weighted by atomic mass is 10.2. The number of amides is 1. The van der Waals surface area contributed by atoms with Gasteiger partial charge in [-0.15, -0.1) is 0 Å². The summed E-state index contributed by atoms with van der Waals surface area (Å²) in [7, 11) is 0. The molecule has 1 amide bonds. The van der Waals surface area contributed by atoms with Crippen molar-refractivity contribution in [2.75, 3.05) is 13.1 Å². The number of aliphatic hydroxyl groups excluding tert-OH is 1. The highest BCUT2D eigenvalue weighted by Gasteiger charge is 2.26. The molecule has 86 valence electrons. The summed E-state index contributed by atoms with van der Waals surface area (Å²) in [5.41, 5.74) is 0.477. The SMILES string of the molecule is O=C(c1cccc(Br)c1Cl)N1CCC(O)C1. The molecule has 0 bridgehead atoms. The Bertz CT molecular complexity index is 424. The zero-order valence-electron chi connectivity index (χ0n) is 8.49. The van der Waals surface area contributed by atoms with Crippen molar-refractivity contribution in [2.45, 2.75) is 12.5 Å². The first kappa shape index (κ1) is 11.9. The summed E-state index contributed by atoms with van der Waals surface area (Å²) in [6, 6.07) is 5.26. The van der Waals surface area contributed by atoms with Crippen LogP contribution >= 0.6 is 27.5 Å². The number of nitrogens with zero attached hydrogens (tertiary/aromatic N) is 1. The molecule has 0 spiro atoms. The van der Waals surface area contributed by atoms with Gasteiger partial charge in [-0.3, -0.25) is 4.79 Å². The molecule has 1 atom stereocenters. The maximum absolute atomic E-state index is 12.1. The summed E-state index contributed by atoms with van der Waals surface area (Å²) in [5, 5.41) is 9.81. The standard InChI is InChI=1S/C11H11BrClNO2/c12-9-3-1-2-8(10(9)13)11(16)14-5-4-7(15)6-14/h1-3,7,15H,4-6H2. The van der Waals surface area contributed by atoms with Crippen molar-refractivity contribution in [3.63, 3.8) is 0 Å². The number of rotatable bonds is 1. The summed E-state index contributed by atoms with van der Waals surface area (Å²) in [6.07, 6.45) is 0.229. The number of likely N-dealkylation sites (tertiary alicyclic amines) is 1. The summed E-state index contributed by atoms with van der Waals surface area (Å²) in [6.45, 7) is 0.977. The minimum atomic E-state index is -0.408. The molecule has 5 heteroatoms. The normalized spacial score (nSPS) is 20.2. The van der Waals surface area contributed by atoms with Gasteiger partial charge in [-0.2, -0.15) is 0 Å². The first-order valence-electron chi connectivity index (χ1n) is 5.01. The largest absolute Gasteiger partial charge is 0.391 e. The smallest absolute Gasteiger partial charge is 0.255 e. The number of carbonyl (C=O) groups excluding carboxylic acids is 1. The highest BCUT2D eigenvalue weighted by atomic mass is 79.9. The Labute approximate surface area is 107 Å². The van der Waals surface area contributed by atoms with E-state index < -0.39 is 6.10 Å². The fourth-order valence-corrected chi connectivity index (χ4v) is 2.34. The van der Waals surface area contributed by atoms with Crippen LogP contribution in [0.2, 0.25) is 5.02 Å². The second-order valence-corrected chi connectivity index (χ2v) is 5.03. The molecule has 0 aromatic heterocycles. The fourth-order valence-electron chi connectivity index (χ4n) is 1.77. The van der Waals surface area contributed by atoms with Crippen molar-refractivity contribution in [3.8, 4) is 0 Å². The maximum Gasteiger partial charge on any atom is 0.255 e. The van der Waals surface area contributed by atoms with Gasteiger partial charge in [0.15, 0.2) is 0 Å². The third-order valence-electron chi connectivity index (χ3n) is 2.63. The molecule has 1 heterocycles. The fraction of sp³-hybridized carbons (Fsp3) is 0.364. The molecular weight excluding hydrogens is 293 g/mol. The highest BCUT2D eigenvalue weighted by molar-refractivity contribution is 9.10. The monoisotopic (exact) mass is 303 g/mol. The van der Waals surface area contributed by atoms with Crippen LogP contribution in [0.25, 0.3) is 0 Å². The second-order valence-electron chi connectivity index (χ2n) is 3.80. The predicted octanol–water partition coefficient (Wildman–Crippen LogP) is 2.31. The first-order chi connectivity index (χ1) is 7.59. The molecule has 1 unspecified atom stereocenters. The number of halogens is 2. The summed E-state index contributed by atoms with van der Waals surface area (Å²) in [4.78, 5) is 13.7. The molecule has 1 aliphatic rings. The lowest BCUT2D eigenvalue weighted by Crippen LogP contribution is -2.29. The lowest BCUT2D eigenvalue weighted by molar-refractivity contribution is 0.0765. The molecule has 1 aliphatic heterocycles. The van der Waals surface area contributed by atoms with E-state index in [1.807, 2.05) is 0 Å². The minimum absolute atomic E-state index is 0.122. The Morgan fingerprint density at radius 2 is 2.31 bits per heavy atom. The molecule has 0 radical (unpaired) electrons. The number of aliphatic hydroxyl groups is 1. The van der Waals surface area contributed by atoms with E-state index in [0.29, 0.717) is 34.6 Å². The zero-order chi connectivity index (χ0) is 11.7. The predicted molar refractivity (Wildman–Crippen MR) is 65.7 cm³/mol. The Balaban J connectivity index is 2.24. The first-order valence-corrected chi connectivity index (χ1v) is 6.18. The third-order valence-corrected chi connectivity index (χ3v) is 3.93. The van der Waals surface area contributed by atoms with Crippen molar-refractivity contribution in [2.24, 2.45) is 0 Å². The molecule has 3 nitrogen and oxygen atoms in total. The van der Waals surface area contributed by atoms with Crippen LogP contribution < -0.4 is 0 Å². The van der Waals surface area contributed by atoms with Gasteiger partial charge in [0.25, 0.3) is 5.91 Å². The van der Waals surface area contributed by atoms with Crippen LogP contribution in [0.1, 0.15) is 16.8 Å². The van der Waals surface area contributed by atoms with Crippen molar-refractivity contribution < 1.29 is 9.90 Å². The van der Waals surface area contributed by atoms with Crippen molar-refractivity contribution in [1.29, 1.82) is 0 Å². The van der Waals surface area contributed by atoms with Gasteiger partial charge < -0.3 is 10.0 Å². The van der Waals surface area contributed by atoms with E-state index >= 15 is 0 Å². The lowest BCUT2D eigenvalue weighted by Gasteiger charge is -2.16. The molecule has 1 fully saturated rings. The van der Waals surface area contributed by atoms with Crippen LogP contribution in [0, 0.1) is 0 Å². The summed E-state index contributed by atoms with van der Waals surface area (Å²) < 4.78 is 0.708. The van der Waals surface area contributed by atoms with Gasteiger partial charge >= 0.3 is 0 Å². The minimum Gasteiger partial charge on any atom is -0.391 e. The van der Waals surface area contributed by atoms with E-state index in [0.717, 1.165) is 0 Å². The van der Waals surface area contributed by atoms with E-state index in [2.05, 4.69) is 15.9 Å². The van der Waals surface area contributed by atoms with E-state index in [4.69, 9.17) is 11.6 Å². The molecule has 16 heavy (non-hydrogen) atoms. The molecule has 0 saturated carbocycles. The van der Waals surface area contributed by atoms with E-state index in [1.54, 1.807) is 23.1 Å². The quantitative estimate of drug-likeness (QED) is 0.865. The average Bonchev–Trinajstić information content (AvgIpc) is 2.68. The number of hydrogen-bond donors (Lipinski definition) is 1. The van der Waals surface area contributed by atoms with Crippen LogP contribution in [-0.4, -0.2) is 35.1 Å². The average molecular weight is 305 g/mol. The number of hydrogen-bond acceptors (Lipinski definition) is 2. The van der Waals surface area contributed by atoms with Crippen LogP contribution in [0.15, 0.2) is 22.7 Å². The van der Waals surface area contributed by atoms with Gasteiger partial charge in [0.1, 0.15) is 0 Å². The Morgan fingerprint density at radius 3 is 2.94 bits per heavy atom. The molecule has 0 aliphatic carbocycles. The van der Waals surface area contributed by atoms with E-state index in [-0.39, 0.29) is 5.91 Å². The van der Waals surface area contributed by atoms with Crippen molar-refractivity contribution in [1.82, 2.24) is 4.90 Å². The van der Waals surface area contributed by atoms with Crippen LogP contribution in [0.5, 0.6) is 0 Å². The maximum atomic E-state index is 12.1. The molecular formula is C11H11BrClNO2. The molecule has 1 aromatic carbocycles. The molecule has 1 saturated heterocycles. The van der Waals surface area contributed by atoms with Gasteiger partial charge in [-0.05, 0) is 34.5 Å². The number of carbonyl (C=O) groups is 1. The van der Waals surface area contributed by atoms with Gasteiger partial charge in [0.05, 0.1) is 16.7 Å². The van der Waals surface area contributed by atoms with Crippen LogP contribution in [0.4, 0.5) is 0 Å². The van der Waals surface area contributed by atoms with Gasteiger partial charge in [0.2, 0.25) is 0 Å². The van der Waals surface area contributed by atoms with Gasteiger partial charge in [-0.1, -0.05) is 17.7 Å². The molecule has 2 rings (SSSR count). The Kier molecular flexibility index (Phi) is 3.52. The van der Waals surface area contributed by atoms with Crippen molar-refractivity contribution in [3.05, 3.63) is 33.3 Å². The van der Waals surface area contributed by atoms with Crippen LogP contribution in [0.3, 0.4) is 0 Å². The number of benzene rings is 1. The zero-order valence-corrected chi connectivity index (χ0v) is 10.8. The van der Waals surface area contributed by atoms with Gasteiger partial charge in [-0.25, -0.2) is 0 Å². The van der Waals surface area contributed by atoms with Gasteiger partial charge in [0, 0.05) is 17.6 Å². The van der Waals surface area contributed by atoms with E-state index in [1.165, 1.54) is 0 Å². The third kappa shape index (κ3) is 2.24. The van der Waals surface area contributed by atoms with E-state index in [9.17, 15) is 9.90 Å². The Morgan fingerprint density at radius 1 is 1.56 bits per heavy atom. The van der Waals surface area contributed by atoms with Crippen molar-refractivity contribution >= 4 is 33.4 Å².